The van der Waals surface area contributed by atoms with Crippen LogP contribution < -0.4 is 5.32 Å². The molecule has 162 valence electrons. The van der Waals surface area contributed by atoms with E-state index >= 15 is 0 Å². The van der Waals surface area contributed by atoms with Gasteiger partial charge in [0.2, 0.25) is 0 Å². The summed E-state index contributed by atoms with van der Waals surface area (Å²) in [6.07, 6.45) is 4.42. The molecular weight excluding hydrogens is 368 g/mol. The smallest absolute Gasteiger partial charge is 0.163 e. The van der Waals surface area contributed by atoms with E-state index in [9.17, 15) is 4.79 Å². The number of rotatable bonds is 13. The molecule has 0 aromatic heterocycles. The van der Waals surface area contributed by atoms with Crippen molar-refractivity contribution in [1.82, 2.24) is 10.2 Å². The molecule has 3 heteroatoms. The molecule has 0 aliphatic rings. The van der Waals surface area contributed by atoms with Gasteiger partial charge in [-0.1, -0.05) is 81.1 Å². The quantitative estimate of drug-likeness (QED) is 0.457. The predicted molar refractivity (Wildman–Crippen MR) is 129 cm³/mol. The molecule has 0 fully saturated rings. The number of benzene rings is 2. The lowest BCUT2D eigenvalue weighted by Crippen LogP contribution is -2.43. The van der Waals surface area contributed by atoms with Gasteiger partial charge in [0.1, 0.15) is 0 Å². The zero-order valence-electron chi connectivity index (χ0n) is 19.1. The molecule has 0 saturated carbocycles. The summed E-state index contributed by atoms with van der Waals surface area (Å²) in [5.74, 6) is 1.13. The Labute approximate surface area is 183 Å². The van der Waals surface area contributed by atoms with Gasteiger partial charge in [-0.05, 0) is 49.9 Å². The van der Waals surface area contributed by atoms with Gasteiger partial charge in [0.25, 0.3) is 0 Å². The molecule has 0 saturated heterocycles. The number of nitrogens with one attached hydrogen (secondary N) is 1. The number of hydrogen-bond acceptors (Lipinski definition) is 3. The Balaban J connectivity index is 2.14. The molecule has 2 atom stereocenters. The zero-order chi connectivity index (χ0) is 21.9. The van der Waals surface area contributed by atoms with Gasteiger partial charge in [0.15, 0.2) is 5.78 Å². The normalized spacial score (nSPS) is 13.4. The summed E-state index contributed by atoms with van der Waals surface area (Å²) in [6, 6.07) is 18.8. The average Bonchev–Trinajstić information content (AvgIpc) is 2.73. The van der Waals surface area contributed by atoms with Crippen LogP contribution in [0, 0.1) is 11.8 Å². The van der Waals surface area contributed by atoms with Gasteiger partial charge in [0.05, 0.1) is 0 Å². The van der Waals surface area contributed by atoms with Crippen LogP contribution in [0.2, 0.25) is 0 Å². The Morgan fingerprint density at radius 3 is 2.33 bits per heavy atom. The van der Waals surface area contributed by atoms with Crippen molar-refractivity contribution < 1.29 is 4.79 Å². The third-order valence-corrected chi connectivity index (χ3v) is 5.66. The van der Waals surface area contributed by atoms with Crippen molar-refractivity contribution in [3.05, 3.63) is 77.9 Å². The van der Waals surface area contributed by atoms with Crippen LogP contribution in [0.1, 0.15) is 48.2 Å². The molecule has 0 amide bonds. The van der Waals surface area contributed by atoms with E-state index in [0.29, 0.717) is 18.4 Å². The fourth-order valence-electron chi connectivity index (χ4n) is 4.09. The van der Waals surface area contributed by atoms with E-state index in [2.05, 4.69) is 62.0 Å². The first kappa shape index (κ1) is 24.0. The minimum Gasteiger partial charge on any atom is -0.318 e. The third-order valence-electron chi connectivity index (χ3n) is 5.66. The summed E-state index contributed by atoms with van der Waals surface area (Å²) in [5.41, 5.74) is 3.12. The molecular formula is C27H38N2O. The molecule has 0 radical (unpaired) electrons. The van der Waals surface area contributed by atoms with Crippen molar-refractivity contribution in [2.75, 3.05) is 27.2 Å². The van der Waals surface area contributed by atoms with Crippen LogP contribution in [-0.4, -0.2) is 43.9 Å². The van der Waals surface area contributed by atoms with Crippen molar-refractivity contribution >= 4 is 11.9 Å². The molecule has 0 unspecified atom stereocenters. The molecule has 1 N–H and O–H groups in total. The van der Waals surface area contributed by atoms with Gasteiger partial charge in [-0.15, -0.1) is 0 Å². The van der Waals surface area contributed by atoms with Crippen molar-refractivity contribution in [2.24, 2.45) is 11.8 Å². The minimum atomic E-state index is 0.217. The van der Waals surface area contributed by atoms with Gasteiger partial charge in [-0.25, -0.2) is 0 Å². The number of hydrogen-bond donors (Lipinski definition) is 1. The largest absolute Gasteiger partial charge is 0.318 e. The Hall–Kier alpha value is -2.23. The second-order valence-electron chi connectivity index (χ2n) is 8.79. The van der Waals surface area contributed by atoms with Crippen LogP contribution in [0.25, 0.3) is 6.08 Å². The van der Waals surface area contributed by atoms with Crippen LogP contribution in [0.5, 0.6) is 0 Å². The highest BCUT2D eigenvalue weighted by atomic mass is 16.1. The van der Waals surface area contributed by atoms with Crippen molar-refractivity contribution in [3.63, 3.8) is 0 Å². The molecule has 0 bridgehead atoms. The third kappa shape index (κ3) is 7.89. The van der Waals surface area contributed by atoms with Crippen molar-refractivity contribution in [2.45, 2.75) is 39.2 Å². The maximum Gasteiger partial charge on any atom is 0.163 e. The highest BCUT2D eigenvalue weighted by Gasteiger charge is 2.22. The first-order valence-corrected chi connectivity index (χ1v) is 11.1. The standard InChI is InChI=1S/C27H38N2O/c1-6-22-12-14-25(15-13-22)27(30)18-24(17-23-10-8-7-9-11-23)20-29(5)26(19-28-4)16-21(2)3/h6-15,21,24,26,28H,1,16-20H2,2-5H3/t24-,26+/m1/s1. The van der Waals surface area contributed by atoms with Crippen LogP contribution in [-0.2, 0) is 6.42 Å². The van der Waals surface area contributed by atoms with Crippen LogP contribution in [0.15, 0.2) is 61.2 Å². The fraction of sp³-hybridized carbons (Fsp3) is 0.444. The summed E-state index contributed by atoms with van der Waals surface area (Å²) in [7, 11) is 4.21. The SMILES string of the molecule is C=Cc1ccc(C(=O)C[C@@H](Cc2ccccc2)CN(C)[C@H](CNC)CC(C)C)cc1. The molecule has 2 aromatic carbocycles. The molecule has 0 aliphatic heterocycles. The number of carbonyl (C=O) groups excluding carboxylic acids is 1. The van der Waals surface area contributed by atoms with Gasteiger partial charge in [-0.2, -0.15) is 0 Å². The van der Waals surface area contributed by atoms with Crippen molar-refractivity contribution in [1.29, 1.82) is 0 Å². The van der Waals surface area contributed by atoms with Gasteiger partial charge < -0.3 is 10.2 Å². The molecule has 0 aliphatic carbocycles. The summed E-state index contributed by atoms with van der Waals surface area (Å²) >= 11 is 0. The second kappa shape index (κ2) is 12.5. The van der Waals surface area contributed by atoms with E-state index in [1.165, 1.54) is 5.56 Å². The Kier molecular flexibility index (Phi) is 9.99. The van der Waals surface area contributed by atoms with E-state index in [0.717, 1.165) is 37.1 Å². The highest BCUT2D eigenvalue weighted by Crippen LogP contribution is 2.20. The van der Waals surface area contributed by atoms with Gasteiger partial charge in [0, 0.05) is 31.1 Å². The first-order valence-electron chi connectivity index (χ1n) is 11.1. The zero-order valence-corrected chi connectivity index (χ0v) is 19.1. The number of ketones is 1. The lowest BCUT2D eigenvalue weighted by Gasteiger charge is -2.32. The van der Waals surface area contributed by atoms with Crippen LogP contribution >= 0.6 is 0 Å². The molecule has 2 rings (SSSR count). The van der Waals surface area contributed by atoms with Crippen molar-refractivity contribution in [3.8, 4) is 0 Å². The Morgan fingerprint density at radius 2 is 1.77 bits per heavy atom. The van der Waals surface area contributed by atoms with Gasteiger partial charge in [-0.3, -0.25) is 4.79 Å². The maximum atomic E-state index is 13.0. The second-order valence-corrected chi connectivity index (χ2v) is 8.79. The minimum absolute atomic E-state index is 0.217. The predicted octanol–water partition coefficient (Wildman–Crippen LogP) is 5.33. The van der Waals surface area contributed by atoms with Crippen LogP contribution in [0.3, 0.4) is 0 Å². The fourth-order valence-corrected chi connectivity index (χ4v) is 4.09. The number of carbonyl (C=O) groups is 1. The lowest BCUT2D eigenvalue weighted by molar-refractivity contribution is 0.0938. The molecule has 0 spiro atoms. The molecule has 0 heterocycles. The van der Waals surface area contributed by atoms with E-state index in [1.807, 2.05) is 37.4 Å². The van der Waals surface area contributed by atoms with Gasteiger partial charge >= 0.3 is 0 Å². The molecule has 2 aromatic rings. The highest BCUT2D eigenvalue weighted by molar-refractivity contribution is 5.96. The maximum absolute atomic E-state index is 13.0. The van der Waals surface area contributed by atoms with E-state index in [-0.39, 0.29) is 11.7 Å². The monoisotopic (exact) mass is 406 g/mol. The van der Waals surface area contributed by atoms with Crippen LogP contribution in [0.4, 0.5) is 0 Å². The van der Waals surface area contributed by atoms with E-state index in [4.69, 9.17) is 0 Å². The summed E-state index contributed by atoms with van der Waals surface area (Å²) in [5, 5.41) is 3.34. The summed E-state index contributed by atoms with van der Waals surface area (Å²) in [4.78, 5) is 15.5. The summed E-state index contributed by atoms with van der Waals surface area (Å²) in [6.45, 7) is 10.2. The average molecular weight is 407 g/mol. The Bertz CT molecular complexity index is 767. The lowest BCUT2D eigenvalue weighted by atomic mass is 9.90. The molecule has 3 nitrogen and oxygen atoms in total. The molecule has 30 heavy (non-hydrogen) atoms. The summed E-state index contributed by atoms with van der Waals surface area (Å²) < 4.78 is 0. The first-order chi connectivity index (χ1) is 14.4. The number of nitrogens with zero attached hydrogens (tertiary/aromatic N) is 1. The number of likely N-dealkylation sites (N-methyl/N-ethyl adjacent to an activating group) is 2. The topological polar surface area (TPSA) is 32.3 Å². The van der Waals surface area contributed by atoms with E-state index in [1.54, 1.807) is 6.08 Å². The number of Topliss-reactive ketones (excluding diaryl/α,β-unsaturated/α-hetero) is 1. The van der Waals surface area contributed by atoms with E-state index < -0.39 is 0 Å². The Morgan fingerprint density at radius 1 is 1.10 bits per heavy atom.